The fourth-order valence-electron chi connectivity index (χ4n) is 0.857. The van der Waals surface area contributed by atoms with Gasteiger partial charge in [0, 0.05) is 13.2 Å². The first-order valence-electron chi connectivity index (χ1n) is 3.70. The second kappa shape index (κ2) is 3.78. The standard InChI is InChI=1S/C9H10N2O2/c1-7-8(4-3-5-12)6-11(2)9(13)10-7/h6,12H,1,5H2,2H3,(H,10,13). The number of hydrogen-bond donors (Lipinski definition) is 2. The molecule has 0 aromatic carbocycles. The first-order chi connectivity index (χ1) is 6.15. The summed E-state index contributed by atoms with van der Waals surface area (Å²) >= 11 is 0. The van der Waals surface area contributed by atoms with Gasteiger partial charge in [-0.15, -0.1) is 0 Å². The van der Waals surface area contributed by atoms with E-state index in [0.29, 0.717) is 11.3 Å². The summed E-state index contributed by atoms with van der Waals surface area (Å²) in [5.74, 6) is 5.16. The van der Waals surface area contributed by atoms with Crippen LogP contribution in [-0.2, 0) is 0 Å². The van der Waals surface area contributed by atoms with Crippen LogP contribution in [0.1, 0.15) is 0 Å². The molecular formula is C9H10N2O2. The topological polar surface area (TPSA) is 52.6 Å². The molecule has 1 aliphatic rings. The molecule has 0 aliphatic carbocycles. The quantitative estimate of drug-likeness (QED) is 0.514. The molecule has 0 spiro atoms. The van der Waals surface area contributed by atoms with Crippen molar-refractivity contribution in [3.63, 3.8) is 0 Å². The van der Waals surface area contributed by atoms with Crippen molar-refractivity contribution in [1.29, 1.82) is 0 Å². The molecule has 0 aromatic heterocycles. The van der Waals surface area contributed by atoms with Crippen molar-refractivity contribution < 1.29 is 9.90 Å². The largest absolute Gasteiger partial charge is 0.384 e. The summed E-state index contributed by atoms with van der Waals surface area (Å²) in [5.41, 5.74) is 1.07. The Morgan fingerprint density at radius 1 is 1.77 bits per heavy atom. The van der Waals surface area contributed by atoms with Crippen molar-refractivity contribution in [2.75, 3.05) is 13.7 Å². The SMILES string of the molecule is C=C1NC(=O)N(C)C=C1C#CCO. The van der Waals surface area contributed by atoms with Gasteiger partial charge in [-0.25, -0.2) is 4.79 Å². The van der Waals surface area contributed by atoms with E-state index in [1.165, 1.54) is 4.90 Å². The van der Waals surface area contributed by atoms with E-state index in [2.05, 4.69) is 23.7 Å². The van der Waals surface area contributed by atoms with Crippen molar-refractivity contribution in [3.05, 3.63) is 24.0 Å². The summed E-state index contributed by atoms with van der Waals surface area (Å²) in [6.07, 6.45) is 1.57. The third-order valence-electron chi connectivity index (χ3n) is 1.53. The van der Waals surface area contributed by atoms with Crippen LogP contribution in [0, 0.1) is 11.8 Å². The molecule has 1 rings (SSSR count). The number of nitrogens with zero attached hydrogens (tertiary/aromatic N) is 1. The number of hydrogen-bond acceptors (Lipinski definition) is 2. The highest BCUT2D eigenvalue weighted by Crippen LogP contribution is 2.10. The number of aliphatic hydroxyl groups excluding tert-OH is 1. The van der Waals surface area contributed by atoms with Gasteiger partial charge in [0.2, 0.25) is 0 Å². The molecule has 0 radical (unpaired) electrons. The fourth-order valence-corrected chi connectivity index (χ4v) is 0.857. The minimum absolute atomic E-state index is 0.206. The summed E-state index contributed by atoms with van der Waals surface area (Å²) < 4.78 is 0. The van der Waals surface area contributed by atoms with E-state index in [1.807, 2.05) is 0 Å². The van der Waals surface area contributed by atoms with Gasteiger partial charge >= 0.3 is 6.03 Å². The molecule has 13 heavy (non-hydrogen) atoms. The Labute approximate surface area is 76.5 Å². The zero-order chi connectivity index (χ0) is 9.84. The molecule has 0 saturated carbocycles. The van der Waals surface area contributed by atoms with Gasteiger partial charge in [0.15, 0.2) is 0 Å². The van der Waals surface area contributed by atoms with Gasteiger partial charge in [-0.3, -0.25) is 0 Å². The monoisotopic (exact) mass is 178 g/mol. The highest BCUT2D eigenvalue weighted by molar-refractivity contribution is 5.80. The molecule has 0 saturated heterocycles. The van der Waals surface area contributed by atoms with Gasteiger partial charge in [0.25, 0.3) is 0 Å². The average molecular weight is 178 g/mol. The van der Waals surface area contributed by atoms with Crippen molar-refractivity contribution >= 4 is 6.03 Å². The third-order valence-corrected chi connectivity index (χ3v) is 1.53. The predicted molar refractivity (Wildman–Crippen MR) is 48.4 cm³/mol. The highest BCUT2D eigenvalue weighted by Gasteiger charge is 2.15. The van der Waals surface area contributed by atoms with Crippen LogP contribution in [-0.4, -0.2) is 29.7 Å². The number of rotatable bonds is 0. The number of allylic oxidation sites excluding steroid dienone is 1. The summed E-state index contributed by atoms with van der Waals surface area (Å²) in [6.45, 7) is 3.42. The molecule has 4 heteroatoms. The second-order valence-electron chi connectivity index (χ2n) is 2.52. The average Bonchev–Trinajstić information content (AvgIpc) is 2.09. The van der Waals surface area contributed by atoms with Crippen LogP contribution in [0.5, 0.6) is 0 Å². The lowest BCUT2D eigenvalue weighted by Crippen LogP contribution is -2.37. The van der Waals surface area contributed by atoms with Crippen molar-refractivity contribution in [2.24, 2.45) is 0 Å². The van der Waals surface area contributed by atoms with E-state index in [0.717, 1.165) is 0 Å². The first kappa shape index (κ1) is 9.36. The molecule has 2 N–H and O–H groups in total. The fraction of sp³-hybridized carbons (Fsp3) is 0.222. The Bertz CT molecular complexity index is 333. The summed E-state index contributed by atoms with van der Waals surface area (Å²) in [4.78, 5) is 12.4. The van der Waals surface area contributed by atoms with E-state index in [4.69, 9.17) is 5.11 Å². The smallest absolute Gasteiger partial charge is 0.325 e. The number of amides is 2. The molecule has 1 aliphatic heterocycles. The third kappa shape index (κ3) is 2.10. The lowest BCUT2D eigenvalue weighted by Gasteiger charge is -2.21. The summed E-state index contributed by atoms with van der Waals surface area (Å²) in [7, 11) is 1.61. The van der Waals surface area contributed by atoms with Gasteiger partial charge < -0.3 is 15.3 Å². The predicted octanol–water partition coefficient (Wildman–Crippen LogP) is 0.0347. The van der Waals surface area contributed by atoms with Crippen LogP contribution in [0.25, 0.3) is 0 Å². The van der Waals surface area contributed by atoms with Gasteiger partial charge in [0.1, 0.15) is 6.61 Å². The molecular weight excluding hydrogens is 168 g/mol. The zero-order valence-corrected chi connectivity index (χ0v) is 7.29. The Balaban J connectivity index is 2.90. The number of carbonyl (C=O) groups is 1. The zero-order valence-electron chi connectivity index (χ0n) is 7.29. The molecule has 4 nitrogen and oxygen atoms in total. The molecule has 0 fully saturated rings. The molecule has 0 unspecified atom stereocenters. The minimum atomic E-state index is -0.237. The van der Waals surface area contributed by atoms with Crippen LogP contribution in [0.2, 0.25) is 0 Å². The Morgan fingerprint density at radius 3 is 3.08 bits per heavy atom. The van der Waals surface area contributed by atoms with Gasteiger partial charge in [-0.1, -0.05) is 18.4 Å². The van der Waals surface area contributed by atoms with Crippen molar-refractivity contribution in [2.45, 2.75) is 0 Å². The van der Waals surface area contributed by atoms with Crippen LogP contribution >= 0.6 is 0 Å². The van der Waals surface area contributed by atoms with E-state index in [9.17, 15) is 4.79 Å². The lowest BCUT2D eigenvalue weighted by atomic mass is 10.2. The maximum Gasteiger partial charge on any atom is 0.325 e. The normalized spacial score (nSPS) is 15.8. The second-order valence-corrected chi connectivity index (χ2v) is 2.52. The Morgan fingerprint density at radius 2 is 2.46 bits per heavy atom. The number of aliphatic hydroxyl groups is 1. The van der Waals surface area contributed by atoms with E-state index >= 15 is 0 Å². The van der Waals surface area contributed by atoms with Crippen LogP contribution < -0.4 is 5.32 Å². The van der Waals surface area contributed by atoms with Crippen molar-refractivity contribution in [3.8, 4) is 11.8 Å². The summed E-state index contributed by atoms with van der Waals surface area (Å²) in [6, 6.07) is -0.237. The summed E-state index contributed by atoms with van der Waals surface area (Å²) in [5, 5.41) is 11.0. The number of carbonyl (C=O) groups excluding carboxylic acids is 1. The van der Waals surface area contributed by atoms with Gasteiger partial charge in [-0.05, 0) is 0 Å². The van der Waals surface area contributed by atoms with Crippen LogP contribution in [0.4, 0.5) is 4.79 Å². The molecule has 0 bridgehead atoms. The Hall–Kier alpha value is -1.73. The van der Waals surface area contributed by atoms with Gasteiger partial charge in [-0.2, -0.15) is 0 Å². The Kier molecular flexibility index (Phi) is 2.72. The molecule has 2 amide bonds. The number of nitrogens with one attached hydrogen (secondary N) is 1. The van der Waals surface area contributed by atoms with E-state index in [-0.39, 0.29) is 12.6 Å². The van der Waals surface area contributed by atoms with E-state index in [1.54, 1.807) is 13.2 Å². The maximum absolute atomic E-state index is 11.0. The molecule has 68 valence electrons. The minimum Gasteiger partial charge on any atom is -0.384 e. The number of urea groups is 1. The van der Waals surface area contributed by atoms with Crippen LogP contribution in [0.3, 0.4) is 0 Å². The van der Waals surface area contributed by atoms with Crippen LogP contribution in [0.15, 0.2) is 24.0 Å². The maximum atomic E-state index is 11.0. The first-order valence-corrected chi connectivity index (χ1v) is 3.70. The van der Waals surface area contributed by atoms with Gasteiger partial charge in [0.05, 0.1) is 11.3 Å². The molecule has 0 aromatic rings. The van der Waals surface area contributed by atoms with E-state index < -0.39 is 0 Å². The van der Waals surface area contributed by atoms with Crippen molar-refractivity contribution in [1.82, 2.24) is 10.2 Å². The molecule has 1 heterocycles. The molecule has 0 atom stereocenters. The highest BCUT2D eigenvalue weighted by atomic mass is 16.2. The lowest BCUT2D eigenvalue weighted by molar-refractivity contribution is 0.223.